The Morgan fingerprint density at radius 3 is 2.84 bits per heavy atom. The molecule has 2 aromatic rings. The van der Waals surface area contributed by atoms with Crippen molar-refractivity contribution >= 4 is 17.1 Å². The molecule has 1 aromatic carbocycles. The number of rotatable bonds is 5. The van der Waals surface area contributed by atoms with Gasteiger partial charge < -0.3 is 4.74 Å². The Morgan fingerprint density at radius 2 is 2.21 bits per heavy atom. The van der Waals surface area contributed by atoms with Crippen LogP contribution in [0.3, 0.4) is 0 Å². The van der Waals surface area contributed by atoms with Crippen molar-refractivity contribution in [2.75, 3.05) is 7.11 Å². The highest BCUT2D eigenvalue weighted by Crippen LogP contribution is 2.21. The molecule has 0 fully saturated rings. The van der Waals surface area contributed by atoms with Gasteiger partial charge in [0, 0.05) is 18.2 Å². The molecular formula is C14H14FNO2S. The average Bonchev–Trinajstić information content (AvgIpc) is 2.77. The van der Waals surface area contributed by atoms with Crippen LogP contribution in [0.5, 0.6) is 5.75 Å². The van der Waals surface area contributed by atoms with Crippen LogP contribution in [0.2, 0.25) is 0 Å². The first-order valence-corrected chi connectivity index (χ1v) is 6.72. The smallest absolute Gasteiger partial charge is 0.168 e. The predicted octanol–water partition coefficient (Wildman–Crippen LogP) is 2.95. The number of Topliss-reactive ketones (excluding diaryl/α,β-unsaturated/α-hetero) is 1. The number of hydrogen-bond acceptors (Lipinski definition) is 4. The van der Waals surface area contributed by atoms with Crippen LogP contribution in [0.25, 0.3) is 0 Å². The van der Waals surface area contributed by atoms with Gasteiger partial charge in [0.25, 0.3) is 0 Å². The zero-order valence-electron chi connectivity index (χ0n) is 10.8. The van der Waals surface area contributed by atoms with Gasteiger partial charge in [-0.1, -0.05) is 12.1 Å². The molecule has 0 spiro atoms. The maximum absolute atomic E-state index is 13.9. The Balaban J connectivity index is 2.07. The maximum atomic E-state index is 13.9. The van der Waals surface area contributed by atoms with Gasteiger partial charge in [-0.15, -0.1) is 11.3 Å². The van der Waals surface area contributed by atoms with Gasteiger partial charge in [0.1, 0.15) is 5.78 Å². The average molecular weight is 279 g/mol. The van der Waals surface area contributed by atoms with Crippen molar-refractivity contribution in [3.05, 3.63) is 45.7 Å². The molecule has 0 atom stereocenters. The molecule has 0 aliphatic rings. The third kappa shape index (κ3) is 3.38. The highest BCUT2D eigenvalue weighted by atomic mass is 32.1. The van der Waals surface area contributed by atoms with E-state index in [2.05, 4.69) is 4.98 Å². The van der Waals surface area contributed by atoms with Gasteiger partial charge in [0.2, 0.25) is 0 Å². The number of hydrogen-bond donors (Lipinski definition) is 0. The molecule has 0 saturated carbocycles. The molecule has 0 radical (unpaired) electrons. The minimum Gasteiger partial charge on any atom is -0.494 e. The van der Waals surface area contributed by atoms with Gasteiger partial charge in [-0.05, 0) is 18.6 Å². The standard InChI is InChI=1S/C14H14FNO2S/c1-9-16-11(8-19-9)7-12(17)6-10-4-3-5-13(18-2)14(10)15/h3-5,8H,6-7H2,1-2H3. The molecular weight excluding hydrogens is 265 g/mol. The second-order valence-electron chi connectivity index (χ2n) is 4.18. The van der Waals surface area contributed by atoms with E-state index in [1.165, 1.54) is 24.5 Å². The normalized spacial score (nSPS) is 10.5. The molecule has 3 nitrogen and oxygen atoms in total. The summed E-state index contributed by atoms with van der Waals surface area (Å²) in [4.78, 5) is 16.1. The third-order valence-corrected chi connectivity index (χ3v) is 3.52. The summed E-state index contributed by atoms with van der Waals surface area (Å²) in [5, 5.41) is 2.78. The van der Waals surface area contributed by atoms with E-state index >= 15 is 0 Å². The first-order chi connectivity index (χ1) is 9.10. The summed E-state index contributed by atoms with van der Waals surface area (Å²) >= 11 is 1.50. The van der Waals surface area contributed by atoms with E-state index in [4.69, 9.17) is 4.74 Å². The lowest BCUT2D eigenvalue weighted by Crippen LogP contribution is -2.08. The fourth-order valence-electron chi connectivity index (χ4n) is 1.82. The fraction of sp³-hybridized carbons (Fsp3) is 0.286. The molecule has 0 amide bonds. The Morgan fingerprint density at radius 1 is 1.42 bits per heavy atom. The molecule has 0 aliphatic carbocycles. The summed E-state index contributed by atoms with van der Waals surface area (Å²) in [6.07, 6.45) is 0.292. The van der Waals surface area contributed by atoms with Crippen LogP contribution >= 0.6 is 11.3 Å². The molecule has 100 valence electrons. The number of benzene rings is 1. The van der Waals surface area contributed by atoms with Crippen LogP contribution in [0.15, 0.2) is 23.6 Å². The molecule has 5 heteroatoms. The van der Waals surface area contributed by atoms with Crippen molar-refractivity contribution in [3.8, 4) is 5.75 Å². The quantitative estimate of drug-likeness (QED) is 0.844. The first-order valence-electron chi connectivity index (χ1n) is 5.84. The van der Waals surface area contributed by atoms with Crippen molar-refractivity contribution in [2.24, 2.45) is 0 Å². The largest absolute Gasteiger partial charge is 0.494 e. The molecule has 0 N–H and O–H groups in total. The highest BCUT2D eigenvalue weighted by molar-refractivity contribution is 7.09. The topological polar surface area (TPSA) is 39.2 Å². The van der Waals surface area contributed by atoms with Crippen molar-refractivity contribution in [2.45, 2.75) is 19.8 Å². The van der Waals surface area contributed by atoms with Gasteiger partial charge in [0.05, 0.1) is 17.8 Å². The predicted molar refractivity (Wildman–Crippen MR) is 72.2 cm³/mol. The van der Waals surface area contributed by atoms with E-state index in [1.54, 1.807) is 12.1 Å². The highest BCUT2D eigenvalue weighted by Gasteiger charge is 2.13. The lowest BCUT2D eigenvalue weighted by Gasteiger charge is -2.06. The van der Waals surface area contributed by atoms with Crippen molar-refractivity contribution in [1.29, 1.82) is 0 Å². The fourth-order valence-corrected chi connectivity index (χ4v) is 2.43. The summed E-state index contributed by atoms with van der Waals surface area (Å²) in [5.74, 6) is -0.361. The summed E-state index contributed by atoms with van der Waals surface area (Å²) < 4.78 is 18.8. The van der Waals surface area contributed by atoms with Crippen LogP contribution in [-0.2, 0) is 17.6 Å². The zero-order chi connectivity index (χ0) is 13.8. The molecule has 1 heterocycles. The monoisotopic (exact) mass is 279 g/mol. The molecule has 1 aromatic heterocycles. The van der Waals surface area contributed by atoms with Gasteiger partial charge >= 0.3 is 0 Å². The Kier molecular flexibility index (Phi) is 4.27. The van der Waals surface area contributed by atoms with E-state index in [0.29, 0.717) is 5.56 Å². The number of carbonyl (C=O) groups excluding carboxylic acids is 1. The molecule has 0 bridgehead atoms. The summed E-state index contributed by atoms with van der Waals surface area (Å²) in [6.45, 7) is 1.89. The number of halogens is 1. The van der Waals surface area contributed by atoms with Gasteiger partial charge in [-0.2, -0.15) is 0 Å². The lowest BCUT2D eigenvalue weighted by molar-refractivity contribution is -0.117. The third-order valence-electron chi connectivity index (χ3n) is 2.70. The maximum Gasteiger partial charge on any atom is 0.168 e. The summed E-state index contributed by atoms with van der Waals surface area (Å²) in [6, 6.07) is 4.81. The first kappa shape index (κ1) is 13.7. The Labute approximate surface area is 115 Å². The minimum absolute atomic E-state index is 0.0552. The van der Waals surface area contributed by atoms with E-state index < -0.39 is 5.82 Å². The van der Waals surface area contributed by atoms with Gasteiger partial charge in [-0.25, -0.2) is 9.37 Å². The molecule has 19 heavy (non-hydrogen) atoms. The second kappa shape index (κ2) is 5.93. The van der Waals surface area contributed by atoms with Crippen molar-refractivity contribution < 1.29 is 13.9 Å². The molecule has 0 saturated heterocycles. The van der Waals surface area contributed by atoms with E-state index in [1.807, 2.05) is 12.3 Å². The van der Waals surface area contributed by atoms with Crippen molar-refractivity contribution in [1.82, 2.24) is 4.98 Å². The van der Waals surface area contributed by atoms with Crippen LogP contribution in [0, 0.1) is 12.7 Å². The number of nitrogens with zero attached hydrogens (tertiary/aromatic N) is 1. The summed E-state index contributed by atoms with van der Waals surface area (Å²) in [5.41, 5.74) is 1.10. The zero-order valence-corrected chi connectivity index (χ0v) is 11.6. The molecule has 2 rings (SSSR count). The number of carbonyl (C=O) groups is 1. The number of aryl methyl sites for hydroxylation is 1. The second-order valence-corrected chi connectivity index (χ2v) is 5.25. The van der Waals surface area contributed by atoms with Gasteiger partial charge in [-0.3, -0.25) is 4.79 Å². The number of thiazole rings is 1. The molecule has 0 aliphatic heterocycles. The Hall–Kier alpha value is -1.75. The van der Waals surface area contributed by atoms with Gasteiger partial charge in [0.15, 0.2) is 11.6 Å². The minimum atomic E-state index is -0.465. The van der Waals surface area contributed by atoms with E-state index in [9.17, 15) is 9.18 Å². The van der Waals surface area contributed by atoms with Crippen LogP contribution < -0.4 is 4.74 Å². The lowest BCUT2D eigenvalue weighted by atomic mass is 10.1. The molecule has 0 unspecified atom stereocenters. The Bertz CT molecular complexity index is 595. The van der Waals surface area contributed by atoms with Crippen LogP contribution in [0.4, 0.5) is 4.39 Å². The number of ketones is 1. The van der Waals surface area contributed by atoms with E-state index in [-0.39, 0.29) is 24.4 Å². The van der Waals surface area contributed by atoms with Crippen molar-refractivity contribution in [3.63, 3.8) is 0 Å². The number of aromatic nitrogens is 1. The van der Waals surface area contributed by atoms with E-state index in [0.717, 1.165) is 10.7 Å². The van der Waals surface area contributed by atoms with Crippen LogP contribution in [-0.4, -0.2) is 17.9 Å². The van der Waals surface area contributed by atoms with Crippen LogP contribution in [0.1, 0.15) is 16.3 Å². The summed E-state index contributed by atoms with van der Waals surface area (Å²) in [7, 11) is 1.40. The number of methoxy groups -OCH3 is 1. The SMILES string of the molecule is COc1cccc(CC(=O)Cc2csc(C)n2)c1F. The number of ether oxygens (including phenoxy) is 1.